The molecule has 4 heteroatoms. The van der Waals surface area contributed by atoms with Gasteiger partial charge in [-0.2, -0.15) is 5.10 Å². The van der Waals surface area contributed by atoms with Crippen LogP contribution >= 0.6 is 27.5 Å². The van der Waals surface area contributed by atoms with Crippen molar-refractivity contribution >= 4 is 38.9 Å². The summed E-state index contributed by atoms with van der Waals surface area (Å²) in [6, 6.07) is 15.5. The Bertz CT molecular complexity index is 564. The van der Waals surface area contributed by atoms with Gasteiger partial charge in [0.15, 0.2) is 0 Å². The number of nitrogens with zero attached hydrogens (tertiary/aromatic N) is 1. The molecule has 0 fully saturated rings. The molecule has 1 N–H and O–H groups in total. The van der Waals surface area contributed by atoms with Crippen LogP contribution in [0.1, 0.15) is 12.5 Å². The van der Waals surface area contributed by atoms with Gasteiger partial charge in [0.1, 0.15) is 0 Å². The van der Waals surface area contributed by atoms with E-state index in [1.54, 1.807) is 0 Å². The zero-order valence-corrected chi connectivity index (χ0v) is 12.2. The first-order chi connectivity index (χ1) is 8.66. The van der Waals surface area contributed by atoms with E-state index in [9.17, 15) is 0 Å². The zero-order chi connectivity index (χ0) is 13.0. The monoisotopic (exact) mass is 322 g/mol. The molecule has 0 bridgehead atoms. The van der Waals surface area contributed by atoms with Crippen LogP contribution in [0.5, 0.6) is 0 Å². The maximum atomic E-state index is 6.04. The largest absolute Gasteiger partial charge is 0.277 e. The molecule has 2 rings (SSSR count). The Labute approximate surface area is 120 Å². The molecule has 0 saturated carbocycles. The number of anilines is 1. The topological polar surface area (TPSA) is 24.4 Å². The molecule has 0 aromatic heterocycles. The predicted molar refractivity (Wildman–Crippen MR) is 81.4 cm³/mol. The number of hydrogen-bond acceptors (Lipinski definition) is 2. The molecule has 0 aliphatic carbocycles. The Hall–Kier alpha value is -1.32. The van der Waals surface area contributed by atoms with Crippen molar-refractivity contribution in [3.05, 3.63) is 63.6 Å². The number of hydrogen-bond donors (Lipinski definition) is 1. The lowest BCUT2D eigenvalue weighted by atomic mass is 10.1. The molecule has 2 aromatic rings. The van der Waals surface area contributed by atoms with Crippen LogP contribution < -0.4 is 5.43 Å². The first kappa shape index (κ1) is 13.1. The van der Waals surface area contributed by atoms with Gasteiger partial charge in [0.05, 0.1) is 16.4 Å². The maximum Gasteiger partial charge on any atom is 0.0748 e. The summed E-state index contributed by atoms with van der Waals surface area (Å²) in [6.07, 6.45) is 0. The van der Waals surface area contributed by atoms with Crippen molar-refractivity contribution in [1.82, 2.24) is 0 Å². The summed E-state index contributed by atoms with van der Waals surface area (Å²) in [5.74, 6) is 0. The lowest BCUT2D eigenvalue weighted by Gasteiger charge is -2.05. The lowest BCUT2D eigenvalue weighted by Crippen LogP contribution is -1.99. The fraction of sp³-hybridized carbons (Fsp3) is 0.0714. The second-order valence-electron chi connectivity index (χ2n) is 3.80. The Morgan fingerprint density at radius 3 is 2.44 bits per heavy atom. The molecule has 0 unspecified atom stereocenters. The molecule has 0 aliphatic rings. The van der Waals surface area contributed by atoms with Crippen LogP contribution in [0.2, 0.25) is 5.02 Å². The van der Waals surface area contributed by atoms with Crippen molar-refractivity contribution in [1.29, 1.82) is 0 Å². The summed E-state index contributed by atoms with van der Waals surface area (Å²) in [4.78, 5) is 0. The van der Waals surface area contributed by atoms with E-state index < -0.39 is 0 Å². The minimum absolute atomic E-state index is 0.657. The number of hydrazone groups is 1. The standard InChI is InChI=1S/C14H12BrClN2/c1-10(11-6-8-12(15)9-7-11)17-18-14-5-3-2-4-13(14)16/h2-9,18H,1H3/b17-10+. The molecule has 18 heavy (non-hydrogen) atoms. The molecule has 0 atom stereocenters. The van der Waals surface area contributed by atoms with Crippen molar-refractivity contribution in [2.24, 2.45) is 5.10 Å². The molecule has 0 amide bonds. The Morgan fingerprint density at radius 2 is 1.78 bits per heavy atom. The van der Waals surface area contributed by atoms with Gasteiger partial charge in [-0.15, -0.1) is 0 Å². The fourth-order valence-corrected chi connectivity index (χ4v) is 1.89. The van der Waals surface area contributed by atoms with Crippen LogP contribution in [0.3, 0.4) is 0 Å². The van der Waals surface area contributed by atoms with Crippen molar-refractivity contribution < 1.29 is 0 Å². The van der Waals surface area contributed by atoms with E-state index in [0.717, 1.165) is 21.4 Å². The van der Waals surface area contributed by atoms with Crippen molar-refractivity contribution in [3.8, 4) is 0 Å². The average Bonchev–Trinajstić information content (AvgIpc) is 2.38. The quantitative estimate of drug-likeness (QED) is 0.628. The highest BCUT2D eigenvalue weighted by molar-refractivity contribution is 9.10. The molecule has 0 radical (unpaired) electrons. The third-order valence-corrected chi connectivity index (χ3v) is 3.34. The summed E-state index contributed by atoms with van der Waals surface area (Å²) in [7, 11) is 0. The van der Waals surface area contributed by atoms with Gasteiger partial charge in [0.2, 0.25) is 0 Å². The summed E-state index contributed by atoms with van der Waals surface area (Å²) in [5, 5.41) is 4.98. The normalized spacial score (nSPS) is 11.4. The number of nitrogens with one attached hydrogen (secondary N) is 1. The Kier molecular flexibility index (Phi) is 4.39. The van der Waals surface area contributed by atoms with Crippen molar-refractivity contribution in [2.75, 3.05) is 5.43 Å². The minimum atomic E-state index is 0.657. The highest BCUT2D eigenvalue weighted by Crippen LogP contribution is 2.20. The van der Waals surface area contributed by atoms with Gasteiger partial charge in [-0.3, -0.25) is 5.43 Å². The molecule has 0 spiro atoms. The van der Waals surface area contributed by atoms with E-state index in [4.69, 9.17) is 11.6 Å². The molecule has 2 nitrogen and oxygen atoms in total. The van der Waals surface area contributed by atoms with Crippen LogP contribution in [0, 0.1) is 0 Å². The van der Waals surface area contributed by atoms with Crippen LogP contribution in [0.4, 0.5) is 5.69 Å². The Morgan fingerprint density at radius 1 is 1.11 bits per heavy atom. The van der Waals surface area contributed by atoms with E-state index in [0.29, 0.717) is 5.02 Å². The average molecular weight is 324 g/mol. The fourth-order valence-electron chi connectivity index (χ4n) is 1.45. The van der Waals surface area contributed by atoms with Gasteiger partial charge in [0.25, 0.3) is 0 Å². The molecular weight excluding hydrogens is 312 g/mol. The number of benzene rings is 2. The second kappa shape index (κ2) is 6.03. The third kappa shape index (κ3) is 3.34. The molecule has 92 valence electrons. The lowest BCUT2D eigenvalue weighted by molar-refractivity contribution is 1.32. The van der Waals surface area contributed by atoms with E-state index in [1.807, 2.05) is 55.5 Å². The first-order valence-electron chi connectivity index (χ1n) is 5.47. The minimum Gasteiger partial charge on any atom is -0.277 e. The SMILES string of the molecule is C/C(=N\Nc1ccccc1Cl)c1ccc(Br)cc1. The predicted octanol–water partition coefficient (Wildman–Crippen LogP) is 4.94. The van der Waals surface area contributed by atoms with E-state index in [1.165, 1.54) is 0 Å². The van der Waals surface area contributed by atoms with Gasteiger partial charge in [0, 0.05) is 4.47 Å². The number of halogens is 2. The van der Waals surface area contributed by atoms with Crippen molar-refractivity contribution in [2.45, 2.75) is 6.92 Å². The molecule has 0 saturated heterocycles. The van der Waals surface area contributed by atoms with Gasteiger partial charge < -0.3 is 0 Å². The number of rotatable bonds is 3. The summed E-state index contributed by atoms with van der Waals surface area (Å²) < 4.78 is 1.05. The van der Waals surface area contributed by atoms with Gasteiger partial charge in [-0.1, -0.05) is 51.8 Å². The molecule has 0 heterocycles. The highest BCUT2D eigenvalue weighted by Gasteiger charge is 1.99. The maximum absolute atomic E-state index is 6.04. The van der Waals surface area contributed by atoms with Crippen molar-refractivity contribution in [3.63, 3.8) is 0 Å². The summed E-state index contributed by atoms with van der Waals surface area (Å²) in [6.45, 7) is 1.95. The van der Waals surface area contributed by atoms with E-state index in [2.05, 4.69) is 26.5 Å². The van der Waals surface area contributed by atoms with Crippen LogP contribution in [-0.2, 0) is 0 Å². The van der Waals surface area contributed by atoms with Gasteiger partial charge >= 0.3 is 0 Å². The highest BCUT2D eigenvalue weighted by atomic mass is 79.9. The summed E-state index contributed by atoms with van der Waals surface area (Å²) in [5.41, 5.74) is 5.74. The second-order valence-corrected chi connectivity index (χ2v) is 5.12. The zero-order valence-electron chi connectivity index (χ0n) is 9.82. The first-order valence-corrected chi connectivity index (χ1v) is 6.64. The van der Waals surface area contributed by atoms with Crippen LogP contribution in [0.25, 0.3) is 0 Å². The smallest absolute Gasteiger partial charge is 0.0748 e. The molecule has 2 aromatic carbocycles. The van der Waals surface area contributed by atoms with Crippen LogP contribution in [-0.4, -0.2) is 5.71 Å². The third-order valence-electron chi connectivity index (χ3n) is 2.48. The Balaban J connectivity index is 2.14. The van der Waals surface area contributed by atoms with Crippen LogP contribution in [0.15, 0.2) is 58.1 Å². The van der Waals surface area contributed by atoms with E-state index in [-0.39, 0.29) is 0 Å². The molecule has 0 aliphatic heterocycles. The molecular formula is C14H12BrClN2. The van der Waals surface area contributed by atoms with Gasteiger partial charge in [-0.25, -0.2) is 0 Å². The van der Waals surface area contributed by atoms with E-state index >= 15 is 0 Å². The number of para-hydroxylation sites is 1. The van der Waals surface area contributed by atoms with Gasteiger partial charge in [-0.05, 0) is 36.8 Å². The summed E-state index contributed by atoms with van der Waals surface area (Å²) >= 11 is 9.44.